The van der Waals surface area contributed by atoms with Gasteiger partial charge >= 0.3 is 5.97 Å². The summed E-state index contributed by atoms with van der Waals surface area (Å²) in [5.41, 5.74) is 6.76. The molecule has 3 N–H and O–H groups in total. The van der Waals surface area contributed by atoms with E-state index >= 15 is 0 Å². The topological polar surface area (TPSA) is 114 Å². The first-order valence-electron chi connectivity index (χ1n) is 17.1. The highest BCUT2D eigenvalue weighted by molar-refractivity contribution is 6.04. The van der Waals surface area contributed by atoms with E-state index in [4.69, 9.17) is 4.74 Å². The molecule has 0 radical (unpaired) electrons. The maximum absolute atomic E-state index is 13.1. The number of nitrogens with zero attached hydrogens (tertiary/aromatic N) is 4. The van der Waals surface area contributed by atoms with Gasteiger partial charge in [-0.25, -0.2) is 9.97 Å². The smallest absolute Gasteiger partial charge is 0.314 e. The Labute approximate surface area is 295 Å². The average molecular weight is 675 g/mol. The van der Waals surface area contributed by atoms with E-state index in [-0.39, 0.29) is 18.3 Å². The summed E-state index contributed by atoms with van der Waals surface area (Å²) in [5, 5.41) is 6.29. The molecule has 2 heterocycles. The maximum Gasteiger partial charge on any atom is 0.314 e. The van der Waals surface area contributed by atoms with Crippen LogP contribution in [0.25, 0.3) is 11.3 Å². The van der Waals surface area contributed by atoms with Crippen molar-refractivity contribution in [1.82, 2.24) is 19.9 Å². The molecular formula is C40H48N7O3+. The normalized spacial score (nSPS) is 11.2. The minimum Gasteiger partial charge on any atom is -0.415 e. The van der Waals surface area contributed by atoms with Crippen molar-refractivity contribution >= 4 is 29.2 Å². The molecule has 1 atom stereocenters. The number of likely N-dealkylation sites (N-methyl/N-ethyl adjacent to an activating group) is 2. The molecule has 0 aliphatic carbocycles. The van der Waals surface area contributed by atoms with Gasteiger partial charge in [-0.15, -0.1) is 0 Å². The van der Waals surface area contributed by atoms with Crippen LogP contribution in [-0.2, 0) is 22.5 Å². The minimum atomic E-state index is -0.214. The number of carbonyl (C=O) groups is 2. The van der Waals surface area contributed by atoms with Gasteiger partial charge in [0.1, 0.15) is 0 Å². The number of anilines is 3. The van der Waals surface area contributed by atoms with Crippen molar-refractivity contribution in [2.24, 2.45) is 0 Å². The zero-order chi connectivity index (χ0) is 35.7. The van der Waals surface area contributed by atoms with Crippen LogP contribution in [0.1, 0.15) is 47.8 Å². The van der Waals surface area contributed by atoms with Gasteiger partial charge in [0.05, 0.1) is 25.7 Å². The van der Waals surface area contributed by atoms with Gasteiger partial charge in [0, 0.05) is 54.2 Å². The van der Waals surface area contributed by atoms with Gasteiger partial charge < -0.3 is 20.3 Å². The summed E-state index contributed by atoms with van der Waals surface area (Å²) in [6, 6.07) is 28.7. The number of rotatable bonds is 15. The van der Waals surface area contributed by atoms with Crippen LogP contribution in [0.5, 0.6) is 0 Å². The second kappa shape index (κ2) is 19.5. The summed E-state index contributed by atoms with van der Waals surface area (Å²) in [6.07, 6.45) is 5.47. The lowest BCUT2D eigenvalue weighted by molar-refractivity contribution is -0.897. The molecule has 0 fully saturated rings. The predicted octanol–water partition coefficient (Wildman–Crippen LogP) is 5.95. The predicted molar refractivity (Wildman–Crippen MR) is 199 cm³/mol. The molecule has 0 aliphatic heterocycles. The van der Waals surface area contributed by atoms with E-state index in [2.05, 4.69) is 37.4 Å². The number of pyridine rings is 1. The van der Waals surface area contributed by atoms with Crippen LogP contribution < -0.4 is 15.5 Å². The fraction of sp³-hybridized carbons (Fsp3) is 0.275. The number of amides is 1. The molecule has 0 bridgehead atoms. The summed E-state index contributed by atoms with van der Waals surface area (Å²) in [7, 11) is 2.03. The van der Waals surface area contributed by atoms with Crippen LogP contribution in [-0.4, -0.2) is 65.1 Å². The van der Waals surface area contributed by atoms with E-state index in [1.54, 1.807) is 18.6 Å². The Balaban J connectivity index is 0.00000276. The van der Waals surface area contributed by atoms with Crippen molar-refractivity contribution < 1.29 is 19.2 Å². The fourth-order valence-corrected chi connectivity index (χ4v) is 5.06. The zero-order valence-electron chi connectivity index (χ0n) is 29.6. The number of nitrogens with one attached hydrogen (secondary N) is 3. The van der Waals surface area contributed by atoms with Crippen molar-refractivity contribution in [1.29, 1.82) is 0 Å². The second-order valence-electron chi connectivity index (χ2n) is 11.7. The molecule has 0 saturated heterocycles. The molecule has 0 saturated carbocycles. The summed E-state index contributed by atoms with van der Waals surface area (Å²) in [5.74, 6) is 0.0505. The highest BCUT2D eigenvalue weighted by atomic mass is 16.5. The molecule has 0 spiro atoms. The Morgan fingerprint density at radius 3 is 2.40 bits per heavy atom. The van der Waals surface area contributed by atoms with Crippen molar-refractivity contribution in [2.75, 3.05) is 44.0 Å². The van der Waals surface area contributed by atoms with E-state index in [9.17, 15) is 9.59 Å². The Morgan fingerprint density at radius 1 is 0.900 bits per heavy atom. The number of carbonyl (C=O) groups excluding carboxylic acids is 2. The first kappa shape index (κ1) is 37.4. The molecule has 0 aliphatic rings. The molecule has 1 unspecified atom stereocenters. The van der Waals surface area contributed by atoms with Gasteiger partial charge in [0.25, 0.3) is 5.91 Å². The first-order chi connectivity index (χ1) is 24.4. The lowest BCUT2D eigenvalue weighted by Gasteiger charge is -2.22. The molecule has 50 heavy (non-hydrogen) atoms. The summed E-state index contributed by atoms with van der Waals surface area (Å²) < 4.78 is 5.49. The number of esters is 1. The molecule has 10 nitrogen and oxygen atoms in total. The monoisotopic (exact) mass is 674 g/mol. The summed E-state index contributed by atoms with van der Waals surface area (Å²) in [4.78, 5) is 42.0. The van der Waals surface area contributed by atoms with Crippen molar-refractivity contribution in [2.45, 2.75) is 40.7 Å². The van der Waals surface area contributed by atoms with E-state index in [1.165, 1.54) is 0 Å². The first-order valence-corrected chi connectivity index (χ1v) is 17.1. The van der Waals surface area contributed by atoms with Gasteiger partial charge in [-0.05, 0) is 72.6 Å². The van der Waals surface area contributed by atoms with E-state index < -0.39 is 0 Å². The molecule has 260 valence electrons. The van der Waals surface area contributed by atoms with Crippen LogP contribution in [0.15, 0.2) is 110 Å². The largest absolute Gasteiger partial charge is 0.415 e. The summed E-state index contributed by atoms with van der Waals surface area (Å²) in [6.45, 7) is 11.8. The highest BCUT2D eigenvalue weighted by Crippen LogP contribution is 2.25. The molecule has 5 rings (SSSR count). The number of hydrogen-bond donors (Lipinski definition) is 3. The third kappa shape index (κ3) is 11.6. The third-order valence-corrected chi connectivity index (χ3v) is 7.95. The molecule has 2 aromatic heterocycles. The van der Waals surface area contributed by atoms with Gasteiger partial charge in [-0.2, -0.15) is 0 Å². The van der Waals surface area contributed by atoms with Crippen LogP contribution >= 0.6 is 0 Å². The van der Waals surface area contributed by atoms with Crippen LogP contribution in [0, 0.1) is 6.92 Å². The van der Waals surface area contributed by atoms with Crippen molar-refractivity contribution in [3.63, 3.8) is 0 Å². The standard InChI is InChI=1S/C38H41N7O3.C2H6/c1-4-45(22-21-44(3)27-48-36(46)23-29-9-6-5-7-10-29)26-30-13-15-31(16-14-30)37(47)41-33-17-12-28(2)35(24-33)43-38-40-20-18-34(42-38)32-11-8-19-39-25-32;1-2/h5-20,24-25H,4,21-23,26-27H2,1-3H3,(H,41,47)(H,40,42,43);1-2H3/p+1. The number of aryl methyl sites for hydroxylation is 1. The van der Waals surface area contributed by atoms with Crippen LogP contribution in [0.4, 0.5) is 17.3 Å². The van der Waals surface area contributed by atoms with E-state index in [0.717, 1.165) is 64.7 Å². The number of benzene rings is 3. The average Bonchev–Trinajstić information content (AvgIpc) is 3.15. The number of aromatic nitrogens is 3. The van der Waals surface area contributed by atoms with Crippen LogP contribution in [0.2, 0.25) is 0 Å². The van der Waals surface area contributed by atoms with Crippen molar-refractivity contribution in [3.05, 3.63) is 132 Å². The molecule has 3 aromatic carbocycles. The van der Waals surface area contributed by atoms with Gasteiger partial charge in [-0.1, -0.05) is 69.3 Å². The lowest BCUT2D eigenvalue weighted by atomic mass is 10.1. The molecule has 5 aromatic rings. The van der Waals surface area contributed by atoms with Crippen LogP contribution in [0.3, 0.4) is 0 Å². The number of quaternary nitrogens is 1. The number of ether oxygens (including phenoxy) is 1. The maximum atomic E-state index is 13.1. The SMILES string of the molecule is CC.CCN(CC[NH+](C)COC(=O)Cc1ccccc1)Cc1ccc(C(=O)Nc2ccc(C)c(Nc3nccc(-c4cccnc4)n3)c2)cc1. The molecule has 10 heteroatoms. The van der Waals surface area contributed by atoms with Gasteiger partial charge in [0.15, 0.2) is 0 Å². The Bertz CT molecular complexity index is 1780. The minimum absolute atomic E-state index is 0.189. The molecule has 1 amide bonds. The second-order valence-corrected chi connectivity index (χ2v) is 11.7. The Kier molecular flexibility index (Phi) is 14.6. The van der Waals surface area contributed by atoms with Gasteiger partial charge in [-0.3, -0.25) is 19.5 Å². The van der Waals surface area contributed by atoms with Crippen molar-refractivity contribution in [3.8, 4) is 11.3 Å². The lowest BCUT2D eigenvalue weighted by Crippen LogP contribution is -3.10. The van der Waals surface area contributed by atoms with E-state index in [1.807, 2.05) is 119 Å². The summed E-state index contributed by atoms with van der Waals surface area (Å²) >= 11 is 0. The van der Waals surface area contributed by atoms with Gasteiger partial charge in [0.2, 0.25) is 12.7 Å². The quantitative estimate of drug-likeness (QED) is 0.0923. The number of hydrogen-bond acceptors (Lipinski definition) is 8. The van der Waals surface area contributed by atoms with E-state index in [0.29, 0.717) is 23.9 Å². The fourth-order valence-electron chi connectivity index (χ4n) is 5.06. The Morgan fingerprint density at radius 2 is 1.68 bits per heavy atom. The third-order valence-electron chi connectivity index (χ3n) is 7.95. The zero-order valence-corrected chi connectivity index (χ0v) is 29.6. The molecular weight excluding hydrogens is 626 g/mol. The highest BCUT2D eigenvalue weighted by Gasteiger charge is 2.13. The Hall–Kier alpha value is -5.45.